The summed E-state index contributed by atoms with van der Waals surface area (Å²) >= 11 is 0. The molecular weight excluding hydrogens is 174 g/mol. The third kappa shape index (κ3) is 4.43. The van der Waals surface area contributed by atoms with E-state index in [1.807, 2.05) is 7.05 Å². The largest absolute Gasteiger partial charge is 0.378 e. The summed E-state index contributed by atoms with van der Waals surface area (Å²) in [4.78, 5) is 0. The van der Waals surface area contributed by atoms with Crippen LogP contribution in [0.3, 0.4) is 0 Å². The average Bonchev–Trinajstić information content (AvgIpc) is 2.67. The van der Waals surface area contributed by atoms with Crippen LogP contribution >= 0.6 is 0 Å². The second-order valence-corrected chi connectivity index (χ2v) is 4.74. The Morgan fingerprint density at radius 3 is 2.79 bits per heavy atom. The van der Waals surface area contributed by atoms with E-state index >= 15 is 0 Å². The van der Waals surface area contributed by atoms with Gasteiger partial charge in [0.25, 0.3) is 0 Å². The van der Waals surface area contributed by atoms with Crippen molar-refractivity contribution in [2.24, 2.45) is 5.92 Å². The summed E-state index contributed by atoms with van der Waals surface area (Å²) in [6, 6.07) is 0.648. The van der Waals surface area contributed by atoms with E-state index in [9.17, 15) is 0 Å². The molecule has 0 amide bonds. The molecule has 0 aliphatic carbocycles. The minimum atomic E-state index is 0.572. The summed E-state index contributed by atoms with van der Waals surface area (Å²) in [5.41, 5.74) is 0. The maximum Gasteiger partial charge on any atom is 0.0576 e. The summed E-state index contributed by atoms with van der Waals surface area (Å²) in [6.45, 7) is 5.59. The molecule has 0 aromatic heterocycles. The quantitative estimate of drug-likeness (QED) is 0.710. The van der Waals surface area contributed by atoms with Crippen molar-refractivity contribution in [2.75, 3.05) is 13.7 Å². The number of hydrogen-bond acceptors (Lipinski definition) is 2. The minimum absolute atomic E-state index is 0.572. The Morgan fingerprint density at radius 2 is 2.21 bits per heavy atom. The second kappa shape index (κ2) is 6.41. The van der Waals surface area contributed by atoms with Crippen LogP contribution in [0.15, 0.2) is 0 Å². The van der Waals surface area contributed by atoms with Crippen LogP contribution in [0.5, 0.6) is 0 Å². The molecule has 2 heteroatoms. The molecule has 1 N–H and O–H groups in total. The lowest BCUT2D eigenvalue weighted by Gasteiger charge is -2.18. The Hall–Kier alpha value is -0.0800. The van der Waals surface area contributed by atoms with Crippen LogP contribution < -0.4 is 5.32 Å². The fraction of sp³-hybridized carbons (Fsp3) is 1.00. The standard InChI is InChI=1S/C12H25NO/c1-10(9-11(2)13-3)6-7-12-5-4-8-14-12/h10-13H,4-9H2,1-3H3. The Labute approximate surface area is 88.4 Å². The predicted octanol–water partition coefficient (Wildman–Crippen LogP) is 2.58. The van der Waals surface area contributed by atoms with Crippen molar-refractivity contribution in [1.82, 2.24) is 5.32 Å². The Kier molecular flexibility index (Phi) is 5.49. The van der Waals surface area contributed by atoms with Gasteiger partial charge in [-0.25, -0.2) is 0 Å². The molecule has 0 aromatic rings. The molecule has 14 heavy (non-hydrogen) atoms. The molecule has 2 nitrogen and oxygen atoms in total. The van der Waals surface area contributed by atoms with E-state index in [-0.39, 0.29) is 0 Å². The van der Waals surface area contributed by atoms with Crippen LogP contribution in [0.2, 0.25) is 0 Å². The molecule has 3 atom stereocenters. The number of rotatable bonds is 6. The van der Waals surface area contributed by atoms with Gasteiger partial charge in [0, 0.05) is 12.6 Å². The molecule has 0 saturated carbocycles. The van der Waals surface area contributed by atoms with E-state index in [1.54, 1.807) is 0 Å². The van der Waals surface area contributed by atoms with Crippen LogP contribution in [0.1, 0.15) is 46.0 Å². The summed E-state index contributed by atoms with van der Waals surface area (Å²) in [7, 11) is 2.04. The molecule has 1 aliphatic rings. The zero-order valence-electron chi connectivity index (χ0n) is 9.88. The summed E-state index contributed by atoms with van der Waals surface area (Å²) in [6.07, 6.45) is 6.99. The predicted molar refractivity (Wildman–Crippen MR) is 60.5 cm³/mol. The van der Waals surface area contributed by atoms with Crippen molar-refractivity contribution in [2.45, 2.75) is 58.1 Å². The number of hydrogen-bond donors (Lipinski definition) is 1. The zero-order chi connectivity index (χ0) is 10.4. The molecule has 0 aromatic carbocycles. The maximum absolute atomic E-state index is 5.62. The molecular formula is C12H25NO. The van der Waals surface area contributed by atoms with E-state index in [4.69, 9.17) is 4.74 Å². The molecule has 0 bridgehead atoms. The highest BCUT2D eigenvalue weighted by Crippen LogP contribution is 2.21. The van der Waals surface area contributed by atoms with Gasteiger partial charge in [0.05, 0.1) is 6.10 Å². The highest BCUT2D eigenvalue weighted by molar-refractivity contribution is 4.69. The highest BCUT2D eigenvalue weighted by Gasteiger charge is 2.16. The minimum Gasteiger partial charge on any atom is -0.378 e. The molecule has 1 aliphatic heterocycles. The molecule has 1 fully saturated rings. The van der Waals surface area contributed by atoms with Gasteiger partial charge in [-0.05, 0) is 52.0 Å². The summed E-state index contributed by atoms with van der Waals surface area (Å²) in [5, 5.41) is 3.29. The lowest BCUT2D eigenvalue weighted by Crippen LogP contribution is -2.23. The average molecular weight is 199 g/mol. The molecule has 0 radical (unpaired) electrons. The van der Waals surface area contributed by atoms with E-state index in [0.717, 1.165) is 12.5 Å². The normalized spacial score (nSPS) is 26.4. The van der Waals surface area contributed by atoms with E-state index < -0.39 is 0 Å². The third-order valence-corrected chi connectivity index (χ3v) is 3.25. The Balaban J connectivity index is 2.04. The van der Waals surface area contributed by atoms with Gasteiger partial charge >= 0.3 is 0 Å². The first-order chi connectivity index (χ1) is 6.72. The van der Waals surface area contributed by atoms with Crippen LogP contribution in [0.25, 0.3) is 0 Å². The topological polar surface area (TPSA) is 21.3 Å². The number of nitrogens with one attached hydrogen (secondary N) is 1. The molecule has 84 valence electrons. The first-order valence-electron chi connectivity index (χ1n) is 6.01. The van der Waals surface area contributed by atoms with Crippen LogP contribution in [0.4, 0.5) is 0 Å². The first kappa shape index (κ1) is 12.0. The molecule has 0 spiro atoms. The van der Waals surface area contributed by atoms with Crippen LogP contribution in [0, 0.1) is 5.92 Å². The van der Waals surface area contributed by atoms with Crippen molar-refractivity contribution in [3.63, 3.8) is 0 Å². The highest BCUT2D eigenvalue weighted by atomic mass is 16.5. The first-order valence-corrected chi connectivity index (χ1v) is 6.01. The summed E-state index contributed by atoms with van der Waals surface area (Å²) in [5.74, 6) is 0.821. The zero-order valence-corrected chi connectivity index (χ0v) is 9.88. The SMILES string of the molecule is CNC(C)CC(C)CCC1CCCO1. The lowest BCUT2D eigenvalue weighted by atomic mass is 9.95. The van der Waals surface area contributed by atoms with Gasteiger partial charge in [-0.2, -0.15) is 0 Å². The van der Waals surface area contributed by atoms with E-state index in [0.29, 0.717) is 12.1 Å². The number of ether oxygens (including phenoxy) is 1. The molecule has 1 heterocycles. The fourth-order valence-corrected chi connectivity index (χ4v) is 2.18. The van der Waals surface area contributed by atoms with E-state index in [2.05, 4.69) is 19.2 Å². The van der Waals surface area contributed by atoms with Crippen molar-refractivity contribution in [3.8, 4) is 0 Å². The third-order valence-electron chi connectivity index (χ3n) is 3.25. The van der Waals surface area contributed by atoms with Gasteiger partial charge in [-0.1, -0.05) is 6.92 Å². The molecule has 1 rings (SSSR count). The molecule has 1 saturated heterocycles. The fourth-order valence-electron chi connectivity index (χ4n) is 2.18. The van der Waals surface area contributed by atoms with Gasteiger partial charge < -0.3 is 10.1 Å². The Morgan fingerprint density at radius 1 is 1.43 bits per heavy atom. The van der Waals surface area contributed by atoms with Gasteiger partial charge in [-0.15, -0.1) is 0 Å². The van der Waals surface area contributed by atoms with Crippen LogP contribution in [-0.4, -0.2) is 25.8 Å². The monoisotopic (exact) mass is 199 g/mol. The van der Waals surface area contributed by atoms with Crippen LogP contribution in [-0.2, 0) is 4.74 Å². The van der Waals surface area contributed by atoms with Gasteiger partial charge in [0.1, 0.15) is 0 Å². The van der Waals surface area contributed by atoms with Gasteiger partial charge in [0.2, 0.25) is 0 Å². The second-order valence-electron chi connectivity index (χ2n) is 4.74. The Bertz CT molecular complexity index is 143. The van der Waals surface area contributed by atoms with E-state index in [1.165, 1.54) is 32.1 Å². The smallest absolute Gasteiger partial charge is 0.0576 e. The van der Waals surface area contributed by atoms with Crippen molar-refractivity contribution in [1.29, 1.82) is 0 Å². The lowest BCUT2D eigenvalue weighted by molar-refractivity contribution is 0.0980. The summed E-state index contributed by atoms with van der Waals surface area (Å²) < 4.78 is 5.62. The van der Waals surface area contributed by atoms with Crippen molar-refractivity contribution >= 4 is 0 Å². The van der Waals surface area contributed by atoms with Crippen molar-refractivity contribution < 1.29 is 4.74 Å². The van der Waals surface area contributed by atoms with Gasteiger partial charge in [-0.3, -0.25) is 0 Å². The maximum atomic E-state index is 5.62. The van der Waals surface area contributed by atoms with Gasteiger partial charge in [0.15, 0.2) is 0 Å². The molecule has 3 unspecified atom stereocenters. The van der Waals surface area contributed by atoms with Crippen molar-refractivity contribution in [3.05, 3.63) is 0 Å².